The average molecular weight is 439 g/mol. The van der Waals surface area contributed by atoms with Gasteiger partial charge >= 0.3 is 6.03 Å². The number of nitrogens with two attached hydrogens (primary N) is 1. The highest BCUT2D eigenvalue weighted by molar-refractivity contribution is 7.17. The number of urea groups is 1. The van der Waals surface area contributed by atoms with Crippen LogP contribution >= 0.6 is 35.5 Å². The number of hydrogen-bond donors (Lipinski definition) is 3. The van der Waals surface area contributed by atoms with E-state index in [4.69, 9.17) is 5.73 Å². The van der Waals surface area contributed by atoms with Crippen LogP contribution in [0.3, 0.4) is 0 Å². The Hall–Kier alpha value is -2.27. The molecule has 1 aliphatic rings. The van der Waals surface area contributed by atoms with Crippen LogP contribution in [0.15, 0.2) is 18.2 Å². The predicted octanol–water partition coefficient (Wildman–Crippen LogP) is 3.30. The van der Waals surface area contributed by atoms with Gasteiger partial charge in [0.2, 0.25) is 0 Å². The Morgan fingerprint density at radius 3 is 2.86 bits per heavy atom. The lowest BCUT2D eigenvalue weighted by Gasteiger charge is -2.25. The Bertz CT molecular complexity index is 1030. The van der Waals surface area contributed by atoms with Crippen molar-refractivity contribution < 1.29 is 9.59 Å². The van der Waals surface area contributed by atoms with E-state index in [9.17, 15) is 9.59 Å². The molecule has 11 heteroatoms. The minimum atomic E-state index is -0.515. The Morgan fingerprint density at radius 2 is 2.11 bits per heavy atom. The van der Waals surface area contributed by atoms with E-state index in [-0.39, 0.29) is 12.4 Å². The van der Waals surface area contributed by atoms with Crippen molar-refractivity contribution in [2.75, 3.05) is 23.7 Å². The molecule has 1 aromatic carbocycles. The zero-order chi connectivity index (χ0) is 19.0. The molecule has 4 N–H and O–H groups in total. The second kappa shape index (κ2) is 8.39. The van der Waals surface area contributed by atoms with Gasteiger partial charge < -0.3 is 11.1 Å². The SMILES string of the molecule is CCN1CCc2c(sc(NC(=O)Nc3cccc4nsnc34)c2C(N)=O)C1.Cl. The van der Waals surface area contributed by atoms with Gasteiger partial charge in [-0.05, 0) is 30.7 Å². The molecule has 0 bridgehead atoms. The number of amides is 3. The molecule has 148 valence electrons. The van der Waals surface area contributed by atoms with Crippen LogP contribution in [0.4, 0.5) is 15.5 Å². The maximum atomic E-state index is 12.5. The molecule has 0 radical (unpaired) electrons. The highest BCUT2D eigenvalue weighted by atomic mass is 35.5. The van der Waals surface area contributed by atoms with Crippen molar-refractivity contribution in [2.24, 2.45) is 5.73 Å². The summed E-state index contributed by atoms with van der Waals surface area (Å²) >= 11 is 2.50. The van der Waals surface area contributed by atoms with Gasteiger partial charge in [0.05, 0.1) is 23.0 Å². The third kappa shape index (κ3) is 3.81. The molecule has 0 atom stereocenters. The van der Waals surface area contributed by atoms with E-state index in [2.05, 4.69) is 31.2 Å². The molecule has 3 amide bonds. The molecule has 0 fully saturated rings. The lowest BCUT2D eigenvalue weighted by molar-refractivity contribution is 0.1000. The number of anilines is 2. The number of halogens is 1. The quantitative estimate of drug-likeness (QED) is 0.578. The van der Waals surface area contributed by atoms with Gasteiger partial charge in [0.1, 0.15) is 16.0 Å². The summed E-state index contributed by atoms with van der Waals surface area (Å²) in [6.07, 6.45) is 0.755. The molecule has 0 aliphatic carbocycles. The molecule has 3 heterocycles. The standard InChI is InChI=1S/C17H18N6O2S2.ClH/c1-2-23-7-6-9-12(8-23)26-16(13(9)15(18)24)20-17(25)19-10-4-3-5-11-14(10)22-27-21-11;/h3-5H,2,6-8H2,1H3,(H2,18,24)(H2,19,20,25);1H. The van der Waals surface area contributed by atoms with Crippen LogP contribution in [0.25, 0.3) is 11.0 Å². The number of fused-ring (bicyclic) bond motifs is 2. The first-order chi connectivity index (χ1) is 13.1. The number of thiophene rings is 1. The fourth-order valence-corrected chi connectivity index (χ4v) is 5.08. The highest BCUT2D eigenvalue weighted by Gasteiger charge is 2.27. The number of hydrogen-bond acceptors (Lipinski definition) is 7. The van der Waals surface area contributed by atoms with Crippen molar-refractivity contribution in [3.8, 4) is 0 Å². The largest absolute Gasteiger partial charge is 0.365 e. The summed E-state index contributed by atoms with van der Waals surface area (Å²) in [6, 6.07) is 4.96. The first kappa shape index (κ1) is 20.5. The number of nitrogens with one attached hydrogen (secondary N) is 2. The highest BCUT2D eigenvalue weighted by Crippen LogP contribution is 2.37. The molecule has 0 unspecified atom stereocenters. The lowest BCUT2D eigenvalue weighted by Crippen LogP contribution is -2.30. The number of carbonyl (C=O) groups is 2. The molecular formula is C17H19ClN6O2S2. The van der Waals surface area contributed by atoms with Crippen LogP contribution in [0.5, 0.6) is 0 Å². The van der Waals surface area contributed by atoms with Crippen molar-refractivity contribution in [3.63, 3.8) is 0 Å². The Morgan fingerprint density at radius 1 is 1.29 bits per heavy atom. The van der Waals surface area contributed by atoms with Crippen LogP contribution in [-0.4, -0.2) is 38.7 Å². The third-order valence-corrected chi connectivity index (χ3v) is 6.27. The van der Waals surface area contributed by atoms with Crippen molar-refractivity contribution in [1.82, 2.24) is 13.6 Å². The summed E-state index contributed by atoms with van der Waals surface area (Å²) < 4.78 is 8.37. The molecule has 3 aromatic rings. The number of likely N-dealkylation sites (N-methyl/N-ethyl adjacent to an activating group) is 1. The number of carbonyl (C=O) groups excluding carboxylic acids is 2. The van der Waals surface area contributed by atoms with Gasteiger partial charge in [-0.1, -0.05) is 13.0 Å². The van der Waals surface area contributed by atoms with Gasteiger partial charge in [-0.3, -0.25) is 15.0 Å². The zero-order valence-electron chi connectivity index (χ0n) is 15.0. The van der Waals surface area contributed by atoms with E-state index in [0.717, 1.165) is 53.7 Å². The van der Waals surface area contributed by atoms with E-state index in [1.807, 2.05) is 6.07 Å². The molecule has 0 saturated heterocycles. The Kier molecular flexibility index (Phi) is 6.14. The van der Waals surface area contributed by atoms with Crippen LogP contribution in [0, 0.1) is 0 Å². The van der Waals surface area contributed by atoms with Gasteiger partial charge in [-0.25, -0.2) is 4.79 Å². The van der Waals surface area contributed by atoms with Gasteiger partial charge in [0.25, 0.3) is 5.91 Å². The summed E-state index contributed by atoms with van der Waals surface area (Å²) in [7, 11) is 0. The topological polar surface area (TPSA) is 113 Å². The van der Waals surface area contributed by atoms with Crippen molar-refractivity contribution in [3.05, 3.63) is 34.2 Å². The zero-order valence-corrected chi connectivity index (χ0v) is 17.5. The lowest BCUT2D eigenvalue weighted by atomic mass is 10.0. The summed E-state index contributed by atoms with van der Waals surface area (Å²) in [6.45, 7) is 4.70. The minimum Gasteiger partial charge on any atom is -0.365 e. The molecule has 8 nitrogen and oxygen atoms in total. The molecule has 1 aliphatic heterocycles. The fraction of sp³-hybridized carbons (Fsp3) is 0.294. The number of aromatic nitrogens is 2. The molecule has 0 spiro atoms. The maximum absolute atomic E-state index is 12.5. The smallest absolute Gasteiger partial charge is 0.324 e. The summed E-state index contributed by atoms with van der Waals surface area (Å²) in [5.41, 5.74) is 8.91. The minimum absolute atomic E-state index is 0. The van der Waals surface area contributed by atoms with Gasteiger partial charge in [0, 0.05) is 18.0 Å². The van der Waals surface area contributed by atoms with E-state index in [0.29, 0.717) is 21.8 Å². The normalized spacial score (nSPS) is 13.6. The molecule has 28 heavy (non-hydrogen) atoms. The molecular weight excluding hydrogens is 420 g/mol. The number of rotatable bonds is 4. The van der Waals surface area contributed by atoms with Crippen LogP contribution in [0.1, 0.15) is 27.7 Å². The first-order valence-electron chi connectivity index (χ1n) is 8.52. The van der Waals surface area contributed by atoms with Gasteiger partial charge in [-0.2, -0.15) is 8.75 Å². The van der Waals surface area contributed by atoms with E-state index >= 15 is 0 Å². The molecule has 4 rings (SSSR count). The van der Waals surface area contributed by atoms with Crippen molar-refractivity contribution in [2.45, 2.75) is 19.9 Å². The van der Waals surface area contributed by atoms with E-state index < -0.39 is 11.9 Å². The summed E-state index contributed by atoms with van der Waals surface area (Å²) in [5.74, 6) is -0.515. The maximum Gasteiger partial charge on any atom is 0.324 e. The molecule has 0 saturated carbocycles. The van der Waals surface area contributed by atoms with E-state index in [1.165, 1.54) is 11.3 Å². The fourth-order valence-electron chi connectivity index (χ4n) is 3.24. The van der Waals surface area contributed by atoms with Crippen LogP contribution in [0.2, 0.25) is 0 Å². The van der Waals surface area contributed by atoms with Crippen molar-refractivity contribution in [1.29, 1.82) is 0 Å². The van der Waals surface area contributed by atoms with Gasteiger partial charge in [-0.15, -0.1) is 23.7 Å². The Balaban J connectivity index is 0.00000225. The number of benzene rings is 1. The van der Waals surface area contributed by atoms with E-state index in [1.54, 1.807) is 12.1 Å². The second-order valence-electron chi connectivity index (χ2n) is 6.21. The van der Waals surface area contributed by atoms with Crippen molar-refractivity contribution >= 4 is 69.1 Å². The predicted molar refractivity (Wildman–Crippen MR) is 115 cm³/mol. The first-order valence-corrected chi connectivity index (χ1v) is 10.1. The summed E-state index contributed by atoms with van der Waals surface area (Å²) in [5, 5.41) is 6.07. The second-order valence-corrected chi connectivity index (χ2v) is 7.84. The number of primary amides is 1. The third-order valence-electron chi connectivity index (χ3n) is 4.59. The average Bonchev–Trinajstić information content (AvgIpc) is 3.25. The Labute approximate surface area is 175 Å². The number of nitrogens with zero attached hydrogens (tertiary/aromatic N) is 3. The monoisotopic (exact) mass is 438 g/mol. The van der Waals surface area contributed by atoms with Crippen LogP contribution < -0.4 is 16.4 Å². The molecule has 2 aromatic heterocycles. The van der Waals surface area contributed by atoms with Gasteiger partial charge in [0.15, 0.2) is 0 Å². The summed E-state index contributed by atoms with van der Waals surface area (Å²) in [4.78, 5) is 27.9. The van der Waals surface area contributed by atoms with Crippen LogP contribution in [-0.2, 0) is 13.0 Å².